The maximum atomic E-state index is 6.26. The lowest BCUT2D eigenvalue weighted by Crippen LogP contribution is -2.00. The van der Waals surface area contributed by atoms with Crippen LogP contribution in [0.5, 0.6) is 0 Å². The van der Waals surface area contributed by atoms with Crippen LogP contribution in [0.4, 0.5) is 0 Å². The first kappa shape index (κ1) is 27.5. The molecule has 0 saturated heterocycles. The summed E-state index contributed by atoms with van der Waals surface area (Å²) in [6, 6.07) is 57.1. The van der Waals surface area contributed by atoms with Crippen molar-refractivity contribution < 1.29 is 4.42 Å². The van der Waals surface area contributed by atoms with Crippen molar-refractivity contribution in [3.05, 3.63) is 164 Å². The van der Waals surface area contributed by atoms with Gasteiger partial charge in [-0.3, -0.25) is 0 Å². The van der Waals surface area contributed by atoms with E-state index in [1.54, 1.807) is 0 Å². The van der Waals surface area contributed by atoms with Gasteiger partial charge in [0.2, 0.25) is 0 Å². The second-order valence-corrected chi connectivity index (χ2v) is 12.5. The third-order valence-electron chi connectivity index (χ3n) is 9.48. The molecule has 0 spiro atoms. The third kappa shape index (κ3) is 4.73. The Kier molecular flexibility index (Phi) is 6.15. The molecular weight excluding hydrogens is 599 g/mol. The highest BCUT2D eigenvalue weighted by Gasteiger charge is 2.15. The Bertz CT molecular complexity index is 2810. The molecular formula is C45H27N3O. The topological polar surface area (TPSA) is 51.8 Å². The fourth-order valence-corrected chi connectivity index (χ4v) is 6.98. The molecule has 0 aliphatic rings. The number of benzene rings is 8. The fourth-order valence-electron chi connectivity index (χ4n) is 6.98. The molecule has 2 aromatic heterocycles. The summed E-state index contributed by atoms with van der Waals surface area (Å²) in [7, 11) is 0. The maximum absolute atomic E-state index is 6.26. The predicted molar refractivity (Wildman–Crippen MR) is 201 cm³/mol. The van der Waals surface area contributed by atoms with E-state index in [1.165, 1.54) is 10.8 Å². The van der Waals surface area contributed by atoms with Crippen molar-refractivity contribution in [3.8, 4) is 45.3 Å². The highest BCUT2D eigenvalue weighted by atomic mass is 16.3. The van der Waals surface area contributed by atoms with Gasteiger partial charge in [-0.25, -0.2) is 15.0 Å². The zero-order valence-electron chi connectivity index (χ0n) is 26.3. The normalized spacial score (nSPS) is 11.7. The molecule has 4 nitrogen and oxygen atoms in total. The number of fused-ring (bicyclic) bond motifs is 6. The second-order valence-electron chi connectivity index (χ2n) is 12.5. The van der Waals surface area contributed by atoms with Crippen LogP contribution in [0.25, 0.3) is 99.5 Å². The first-order valence-electron chi connectivity index (χ1n) is 16.4. The Balaban J connectivity index is 1.15. The molecule has 0 atom stereocenters. The summed E-state index contributed by atoms with van der Waals surface area (Å²) in [4.78, 5) is 15.3. The standard InChI is InChI=1S/C45H27N3O/c1-3-10-31-24-34(19-16-28(31)8-1)43-46-44(35-20-17-29-9-2-4-11-32(29)25-35)48-45(47-43)36-21-18-30-12-7-14-37(40(30)26-36)33-22-23-39-38-13-5-6-15-41(38)49-42(39)27-33/h1-27H. The van der Waals surface area contributed by atoms with E-state index < -0.39 is 0 Å². The maximum Gasteiger partial charge on any atom is 0.164 e. The molecule has 0 N–H and O–H groups in total. The minimum atomic E-state index is 0.630. The lowest BCUT2D eigenvalue weighted by molar-refractivity contribution is 0.669. The lowest BCUT2D eigenvalue weighted by atomic mass is 9.96. The molecule has 10 aromatic rings. The quantitative estimate of drug-likeness (QED) is 0.195. The number of hydrogen-bond donors (Lipinski definition) is 0. The third-order valence-corrected chi connectivity index (χ3v) is 9.48. The van der Waals surface area contributed by atoms with Crippen molar-refractivity contribution >= 4 is 54.3 Å². The van der Waals surface area contributed by atoms with Crippen LogP contribution in [0.3, 0.4) is 0 Å². The number of aromatic nitrogens is 3. The average molecular weight is 626 g/mol. The van der Waals surface area contributed by atoms with Crippen LogP contribution >= 0.6 is 0 Å². The molecule has 0 bridgehead atoms. The lowest BCUT2D eigenvalue weighted by Gasteiger charge is -2.12. The zero-order chi connectivity index (χ0) is 32.3. The molecule has 4 heteroatoms. The summed E-state index contributed by atoms with van der Waals surface area (Å²) in [5.41, 5.74) is 6.82. The van der Waals surface area contributed by atoms with Gasteiger partial charge in [0.15, 0.2) is 17.5 Å². The summed E-state index contributed by atoms with van der Waals surface area (Å²) in [5, 5.41) is 9.16. The van der Waals surface area contributed by atoms with E-state index in [2.05, 4.69) is 152 Å². The fraction of sp³-hybridized carbons (Fsp3) is 0. The summed E-state index contributed by atoms with van der Waals surface area (Å²) in [6.45, 7) is 0. The van der Waals surface area contributed by atoms with Crippen LogP contribution in [0.15, 0.2) is 168 Å². The van der Waals surface area contributed by atoms with Crippen molar-refractivity contribution in [1.29, 1.82) is 0 Å². The number of furan rings is 1. The van der Waals surface area contributed by atoms with E-state index in [0.29, 0.717) is 17.5 Å². The van der Waals surface area contributed by atoms with E-state index in [-0.39, 0.29) is 0 Å². The molecule has 0 unspecified atom stereocenters. The van der Waals surface area contributed by atoms with Crippen LogP contribution in [0.1, 0.15) is 0 Å². The predicted octanol–water partition coefficient (Wildman–Crippen LogP) is 11.9. The van der Waals surface area contributed by atoms with Gasteiger partial charge < -0.3 is 4.42 Å². The molecule has 10 rings (SSSR count). The van der Waals surface area contributed by atoms with Gasteiger partial charge in [0.05, 0.1) is 0 Å². The first-order valence-corrected chi connectivity index (χ1v) is 16.4. The van der Waals surface area contributed by atoms with Crippen LogP contribution in [0.2, 0.25) is 0 Å². The number of rotatable bonds is 4. The van der Waals surface area contributed by atoms with Crippen molar-refractivity contribution in [2.45, 2.75) is 0 Å². The number of nitrogens with zero attached hydrogens (tertiary/aromatic N) is 3. The van der Waals surface area contributed by atoms with E-state index in [4.69, 9.17) is 19.4 Å². The summed E-state index contributed by atoms with van der Waals surface area (Å²) < 4.78 is 6.26. The number of para-hydroxylation sites is 1. The average Bonchev–Trinajstić information content (AvgIpc) is 3.55. The first-order chi connectivity index (χ1) is 24.2. The Morgan fingerprint density at radius 2 is 0.816 bits per heavy atom. The SMILES string of the molecule is c1ccc2cc(-c3nc(-c4ccc5ccccc5c4)nc(-c4ccc5cccc(-c6ccc7c(c6)oc6ccccc67)c5c4)n3)ccc2c1. The van der Waals surface area contributed by atoms with E-state index in [1.807, 2.05) is 12.1 Å². The molecule has 0 saturated carbocycles. The highest BCUT2D eigenvalue weighted by molar-refractivity contribution is 6.07. The van der Waals surface area contributed by atoms with Gasteiger partial charge in [0, 0.05) is 27.5 Å². The molecule has 49 heavy (non-hydrogen) atoms. The van der Waals surface area contributed by atoms with Crippen LogP contribution < -0.4 is 0 Å². The van der Waals surface area contributed by atoms with Crippen LogP contribution in [-0.4, -0.2) is 15.0 Å². The van der Waals surface area contributed by atoms with E-state index in [9.17, 15) is 0 Å². The van der Waals surface area contributed by atoms with Crippen LogP contribution in [-0.2, 0) is 0 Å². The molecule has 228 valence electrons. The molecule has 0 aliphatic heterocycles. The van der Waals surface area contributed by atoms with Gasteiger partial charge in [-0.2, -0.15) is 0 Å². The smallest absolute Gasteiger partial charge is 0.164 e. The molecule has 8 aromatic carbocycles. The Morgan fingerprint density at radius 3 is 1.49 bits per heavy atom. The zero-order valence-corrected chi connectivity index (χ0v) is 26.3. The molecule has 0 amide bonds. The highest BCUT2D eigenvalue weighted by Crippen LogP contribution is 2.37. The Labute approximate surface area is 282 Å². The summed E-state index contributed by atoms with van der Waals surface area (Å²) in [5.74, 6) is 1.91. The van der Waals surface area contributed by atoms with Crippen molar-refractivity contribution in [2.75, 3.05) is 0 Å². The molecule has 2 heterocycles. The Hall–Kier alpha value is -6.65. The van der Waals surface area contributed by atoms with Crippen LogP contribution in [0, 0.1) is 0 Å². The monoisotopic (exact) mass is 625 g/mol. The largest absolute Gasteiger partial charge is 0.456 e. The molecule has 0 radical (unpaired) electrons. The minimum Gasteiger partial charge on any atom is -0.456 e. The summed E-state index contributed by atoms with van der Waals surface area (Å²) in [6.07, 6.45) is 0. The van der Waals surface area contributed by atoms with Gasteiger partial charge in [0.1, 0.15) is 11.2 Å². The van der Waals surface area contributed by atoms with Crippen molar-refractivity contribution in [3.63, 3.8) is 0 Å². The Morgan fingerprint density at radius 1 is 0.306 bits per heavy atom. The van der Waals surface area contributed by atoms with Gasteiger partial charge in [-0.1, -0.05) is 127 Å². The van der Waals surface area contributed by atoms with Crippen molar-refractivity contribution in [1.82, 2.24) is 15.0 Å². The van der Waals surface area contributed by atoms with Gasteiger partial charge in [-0.05, 0) is 79.8 Å². The molecule has 0 fully saturated rings. The van der Waals surface area contributed by atoms with Gasteiger partial charge >= 0.3 is 0 Å². The van der Waals surface area contributed by atoms with Crippen molar-refractivity contribution in [2.24, 2.45) is 0 Å². The molecule has 0 aliphatic carbocycles. The minimum absolute atomic E-state index is 0.630. The van der Waals surface area contributed by atoms with E-state index >= 15 is 0 Å². The van der Waals surface area contributed by atoms with E-state index in [0.717, 1.165) is 71.3 Å². The summed E-state index contributed by atoms with van der Waals surface area (Å²) >= 11 is 0. The second kappa shape index (κ2) is 11.0. The number of hydrogen-bond acceptors (Lipinski definition) is 4. The van der Waals surface area contributed by atoms with Gasteiger partial charge in [-0.15, -0.1) is 0 Å². The van der Waals surface area contributed by atoms with Gasteiger partial charge in [0.25, 0.3) is 0 Å².